The average Bonchev–Trinajstić information content (AvgIpc) is 2.93. The standard InChI is InChI=1S/C31H30N2O4S/c1-20-13-14-21(2)26(17-20)33-31(35)29(22-9-6-5-7-10-22)38-25-12-8-11-24(19-25)32-30(34)23-15-16-27(36-3)28(18-23)37-4/h5-19,29H,1-4H3,(H,32,34)(H,33,35). The van der Waals surface area contributed by atoms with Crippen LogP contribution in [0.3, 0.4) is 0 Å². The van der Waals surface area contributed by atoms with E-state index in [-0.39, 0.29) is 11.8 Å². The van der Waals surface area contributed by atoms with Crippen LogP contribution < -0.4 is 20.1 Å². The van der Waals surface area contributed by atoms with Gasteiger partial charge in [0.15, 0.2) is 11.5 Å². The predicted octanol–water partition coefficient (Wildman–Crippen LogP) is 7.05. The Labute approximate surface area is 227 Å². The van der Waals surface area contributed by atoms with E-state index in [1.807, 2.05) is 86.6 Å². The summed E-state index contributed by atoms with van der Waals surface area (Å²) in [6, 6.07) is 28.1. The molecule has 0 fully saturated rings. The highest BCUT2D eigenvalue weighted by Gasteiger charge is 2.23. The maximum absolute atomic E-state index is 13.5. The minimum absolute atomic E-state index is 0.116. The number of benzene rings is 4. The molecule has 0 radical (unpaired) electrons. The number of hydrogen-bond acceptors (Lipinski definition) is 5. The van der Waals surface area contributed by atoms with E-state index < -0.39 is 5.25 Å². The van der Waals surface area contributed by atoms with Crippen molar-refractivity contribution in [2.45, 2.75) is 24.0 Å². The quantitative estimate of drug-likeness (QED) is 0.229. The molecule has 38 heavy (non-hydrogen) atoms. The normalized spacial score (nSPS) is 11.4. The molecule has 4 aromatic carbocycles. The first-order valence-electron chi connectivity index (χ1n) is 12.1. The fraction of sp³-hybridized carbons (Fsp3) is 0.161. The van der Waals surface area contributed by atoms with Gasteiger partial charge in [-0.1, -0.05) is 48.5 Å². The van der Waals surface area contributed by atoms with Crippen molar-refractivity contribution in [3.05, 3.63) is 113 Å². The van der Waals surface area contributed by atoms with Crippen LogP contribution in [0.1, 0.15) is 32.3 Å². The minimum atomic E-state index is -0.493. The van der Waals surface area contributed by atoms with E-state index in [4.69, 9.17) is 9.47 Å². The first-order valence-corrected chi connectivity index (χ1v) is 13.0. The molecule has 0 heterocycles. The molecule has 0 aliphatic carbocycles. The maximum atomic E-state index is 13.5. The Morgan fingerprint density at radius 2 is 1.53 bits per heavy atom. The second-order valence-corrected chi connectivity index (χ2v) is 9.95. The van der Waals surface area contributed by atoms with E-state index in [9.17, 15) is 9.59 Å². The summed E-state index contributed by atoms with van der Waals surface area (Å²) in [5.41, 5.74) is 4.83. The average molecular weight is 527 g/mol. The highest BCUT2D eigenvalue weighted by Crippen LogP contribution is 2.37. The lowest BCUT2D eigenvalue weighted by atomic mass is 10.1. The highest BCUT2D eigenvalue weighted by molar-refractivity contribution is 8.00. The van der Waals surface area contributed by atoms with Gasteiger partial charge in [-0.3, -0.25) is 9.59 Å². The van der Waals surface area contributed by atoms with Gasteiger partial charge in [0.2, 0.25) is 5.91 Å². The number of amides is 2. The van der Waals surface area contributed by atoms with Gasteiger partial charge in [0.25, 0.3) is 5.91 Å². The molecule has 1 atom stereocenters. The maximum Gasteiger partial charge on any atom is 0.255 e. The monoisotopic (exact) mass is 526 g/mol. The number of carbonyl (C=O) groups excluding carboxylic acids is 2. The largest absolute Gasteiger partial charge is 0.493 e. The molecule has 0 saturated carbocycles. The topological polar surface area (TPSA) is 76.7 Å². The summed E-state index contributed by atoms with van der Waals surface area (Å²) in [5, 5.41) is 5.55. The molecule has 2 amide bonds. The summed E-state index contributed by atoms with van der Waals surface area (Å²) in [4.78, 5) is 27.3. The SMILES string of the molecule is COc1ccc(C(=O)Nc2cccc(SC(C(=O)Nc3cc(C)ccc3C)c3ccccc3)c2)cc1OC. The van der Waals surface area contributed by atoms with E-state index >= 15 is 0 Å². The molecule has 0 aliphatic heterocycles. The molecule has 7 heteroatoms. The van der Waals surface area contributed by atoms with Gasteiger partial charge < -0.3 is 20.1 Å². The number of thioether (sulfide) groups is 1. The second kappa shape index (κ2) is 12.3. The van der Waals surface area contributed by atoms with E-state index in [2.05, 4.69) is 10.6 Å². The zero-order chi connectivity index (χ0) is 27.1. The molecule has 0 aliphatic rings. The molecule has 4 aromatic rings. The summed E-state index contributed by atoms with van der Waals surface area (Å²) >= 11 is 1.43. The lowest BCUT2D eigenvalue weighted by Gasteiger charge is -2.19. The first kappa shape index (κ1) is 26.8. The van der Waals surface area contributed by atoms with E-state index in [1.54, 1.807) is 25.3 Å². The molecule has 0 spiro atoms. The molecular weight excluding hydrogens is 496 g/mol. The second-order valence-electron chi connectivity index (χ2n) is 8.77. The summed E-state index contributed by atoms with van der Waals surface area (Å²) in [6.07, 6.45) is 0. The Balaban J connectivity index is 1.55. The van der Waals surface area contributed by atoms with Crippen molar-refractivity contribution in [2.75, 3.05) is 24.9 Å². The van der Waals surface area contributed by atoms with Crippen molar-refractivity contribution in [1.82, 2.24) is 0 Å². The van der Waals surface area contributed by atoms with Crippen LogP contribution in [0, 0.1) is 13.8 Å². The minimum Gasteiger partial charge on any atom is -0.493 e. The number of ether oxygens (including phenoxy) is 2. The van der Waals surface area contributed by atoms with Crippen LogP contribution in [0.25, 0.3) is 0 Å². The van der Waals surface area contributed by atoms with Crippen LogP contribution in [-0.4, -0.2) is 26.0 Å². The molecule has 0 saturated heterocycles. The molecule has 1 unspecified atom stereocenters. The molecule has 0 bridgehead atoms. The molecule has 0 aromatic heterocycles. The van der Waals surface area contributed by atoms with Gasteiger partial charge in [0.05, 0.1) is 14.2 Å². The molecule has 2 N–H and O–H groups in total. The summed E-state index contributed by atoms with van der Waals surface area (Å²) < 4.78 is 10.6. The predicted molar refractivity (Wildman–Crippen MR) is 154 cm³/mol. The van der Waals surface area contributed by atoms with Crippen molar-refractivity contribution >= 4 is 35.0 Å². The summed E-state index contributed by atoms with van der Waals surface area (Å²) in [6.45, 7) is 3.98. The van der Waals surface area contributed by atoms with E-state index in [1.165, 1.54) is 18.9 Å². The fourth-order valence-corrected chi connectivity index (χ4v) is 5.02. The summed E-state index contributed by atoms with van der Waals surface area (Å²) in [7, 11) is 3.07. The number of nitrogens with one attached hydrogen (secondary N) is 2. The van der Waals surface area contributed by atoms with Gasteiger partial charge in [-0.25, -0.2) is 0 Å². The van der Waals surface area contributed by atoms with Crippen molar-refractivity contribution in [3.63, 3.8) is 0 Å². The van der Waals surface area contributed by atoms with Crippen molar-refractivity contribution in [3.8, 4) is 11.5 Å². The number of rotatable bonds is 9. The van der Waals surface area contributed by atoms with Crippen LogP contribution >= 0.6 is 11.8 Å². The Hall–Kier alpha value is -4.23. The lowest BCUT2D eigenvalue weighted by molar-refractivity contribution is -0.115. The smallest absolute Gasteiger partial charge is 0.255 e. The molecule has 6 nitrogen and oxygen atoms in total. The van der Waals surface area contributed by atoms with Crippen LogP contribution in [-0.2, 0) is 4.79 Å². The van der Waals surface area contributed by atoms with Gasteiger partial charge in [-0.15, -0.1) is 11.8 Å². The number of methoxy groups -OCH3 is 2. The van der Waals surface area contributed by atoms with E-state index in [0.717, 1.165) is 27.3 Å². The lowest BCUT2D eigenvalue weighted by Crippen LogP contribution is -2.19. The zero-order valence-electron chi connectivity index (χ0n) is 21.8. The number of anilines is 2. The Morgan fingerprint density at radius 3 is 2.26 bits per heavy atom. The van der Waals surface area contributed by atoms with Gasteiger partial charge in [0, 0.05) is 21.8 Å². The third-order valence-corrected chi connectivity index (χ3v) is 7.23. The van der Waals surface area contributed by atoms with Crippen LogP contribution in [0.15, 0.2) is 95.9 Å². The van der Waals surface area contributed by atoms with Gasteiger partial charge in [-0.2, -0.15) is 0 Å². The number of carbonyl (C=O) groups is 2. The van der Waals surface area contributed by atoms with Gasteiger partial charge in [-0.05, 0) is 73.0 Å². The number of hydrogen-bond donors (Lipinski definition) is 2. The first-order chi connectivity index (χ1) is 18.4. The van der Waals surface area contributed by atoms with Gasteiger partial charge >= 0.3 is 0 Å². The van der Waals surface area contributed by atoms with Crippen LogP contribution in [0.2, 0.25) is 0 Å². The highest BCUT2D eigenvalue weighted by atomic mass is 32.2. The molecular formula is C31H30N2O4S. The third-order valence-electron chi connectivity index (χ3n) is 5.98. The van der Waals surface area contributed by atoms with Crippen LogP contribution in [0.5, 0.6) is 11.5 Å². The van der Waals surface area contributed by atoms with Gasteiger partial charge in [0.1, 0.15) is 5.25 Å². The Morgan fingerprint density at radius 1 is 0.763 bits per heavy atom. The molecule has 4 rings (SSSR count). The van der Waals surface area contributed by atoms with Crippen molar-refractivity contribution in [2.24, 2.45) is 0 Å². The number of aryl methyl sites for hydroxylation is 2. The summed E-state index contributed by atoms with van der Waals surface area (Å²) in [5.74, 6) is 0.633. The fourth-order valence-electron chi connectivity index (χ4n) is 3.93. The molecule has 194 valence electrons. The van der Waals surface area contributed by atoms with Crippen molar-refractivity contribution in [1.29, 1.82) is 0 Å². The Kier molecular flexibility index (Phi) is 8.71. The zero-order valence-corrected chi connectivity index (χ0v) is 22.6. The van der Waals surface area contributed by atoms with E-state index in [0.29, 0.717) is 22.7 Å². The van der Waals surface area contributed by atoms with Crippen LogP contribution in [0.4, 0.5) is 11.4 Å². The Bertz CT molecular complexity index is 1440. The van der Waals surface area contributed by atoms with Crippen molar-refractivity contribution < 1.29 is 19.1 Å². The third kappa shape index (κ3) is 6.55.